The van der Waals surface area contributed by atoms with Gasteiger partial charge in [-0.1, -0.05) is 6.07 Å². The number of nitrogens with zero attached hydrogens (tertiary/aromatic N) is 2. The topological polar surface area (TPSA) is 39.1 Å². The van der Waals surface area contributed by atoms with Crippen LogP contribution in [-0.2, 0) is 6.54 Å². The summed E-state index contributed by atoms with van der Waals surface area (Å²) in [5.41, 5.74) is -0.340. The minimum Gasteiger partial charge on any atom is -0.301 e. The van der Waals surface area contributed by atoms with Crippen LogP contribution in [0.5, 0.6) is 0 Å². The zero-order chi connectivity index (χ0) is 13.7. The molecule has 1 fully saturated rings. The van der Waals surface area contributed by atoms with Gasteiger partial charge in [-0.05, 0) is 51.1 Å². The Morgan fingerprint density at radius 3 is 2.95 bits per heavy atom. The Labute approximate surface area is 120 Å². The predicted molar refractivity (Wildman–Crippen MR) is 80.1 cm³/mol. The van der Waals surface area contributed by atoms with Crippen molar-refractivity contribution in [1.82, 2.24) is 10.2 Å². The molecule has 1 aromatic heterocycles. The van der Waals surface area contributed by atoms with E-state index in [0.29, 0.717) is 6.04 Å². The highest BCUT2D eigenvalue weighted by atomic mass is 32.1. The molecule has 19 heavy (non-hydrogen) atoms. The lowest BCUT2D eigenvalue weighted by molar-refractivity contribution is 0.225. The average Bonchev–Trinajstić information content (AvgIpc) is 2.82. The minimum absolute atomic E-state index is 0.340. The lowest BCUT2D eigenvalue weighted by Gasteiger charge is -2.27. The van der Waals surface area contributed by atoms with Gasteiger partial charge in [-0.25, -0.2) is 0 Å². The first-order valence-corrected chi connectivity index (χ1v) is 7.96. The van der Waals surface area contributed by atoms with Gasteiger partial charge in [-0.3, -0.25) is 5.32 Å². The summed E-state index contributed by atoms with van der Waals surface area (Å²) in [5, 5.41) is 15.2. The molecule has 1 aromatic rings. The van der Waals surface area contributed by atoms with E-state index in [9.17, 15) is 5.26 Å². The molecule has 0 radical (unpaired) electrons. The standard InChI is InChI=1S/C15H23N3S/c1-13(2)18-8-4-6-15(12-16,7-9-18)17-11-14-5-3-10-19-14/h3,5,10,13,17H,4,6-9,11H2,1-2H3. The fraction of sp³-hybridized carbons (Fsp3) is 0.667. The number of hydrogen-bond acceptors (Lipinski definition) is 4. The molecule has 1 saturated heterocycles. The molecule has 0 amide bonds. The van der Waals surface area contributed by atoms with Crippen LogP contribution < -0.4 is 5.32 Å². The Bertz CT molecular complexity index is 421. The molecule has 1 aliphatic heterocycles. The third-order valence-corrected chi connectivity index (χ3v) is 4.88. The first kappa shape index (κ1) is 14.5. The van der Waals surface area contributed by atoms with Crippen LogP contribution in [0.15, 0.2) is 17.5 Å². The van der Waals surface area contributed by atoms with Crippen molar-refractivity contribution in [2.45, 2.75) is 51.2 Å². The number of nitrogens with one attached hydrogen (secondary N) is 1. The van der Waals surface area contributed by atoms with Crippen molar-refractivity contribution in [2.24, 2.45) is 0 Å². The first-order chi connectivity index (χ1) is 9.15. The fourth-order valence-electron chi connectivity index (χ4n) is 2.67. The smallest absolute Gasteiger partial charge is 0.108 e. The quantitative estimate of drug-likeness (QED) is 0.919. The maximum atomic E-state index is 9.59. The van der Waals surface area contributed by atoms with Gasteiger partial charge in [0.05, 0.1) is 6.07 Å². The summed E-state index contributed by atoms with van der Waals surface area (Å²) in [6.07, 6.45) is 2.98. The van der Waals surface area contributed by atoms with Crippen LogP contribution in [-0.4, -0.2) is 29.6 Å². The lowest BCUT2D eigenvalue weighted by atomic mass is 9.92. The number of rotatable bonds is 4. The Kier molecular flexibility index (Phi) is 4.98. The van der Waals surface area contributed by atoms with Gasteiger partial charge in [-0.15, -0.1) is 11.3 Å². The van der Waals surface area contributed by atoms with Gasteiger partial charge in [0, 0.05) is 24.0 Å². The second-order valence-corrected chi connectivity index (χ2v) is 6.64. The summed E-state index contributed by atoms with van der Waals surface area (Å²) in [6.45, 7) is 7.41. The van der Waals surface area contributed by atoms with Crippen molar-refractivity contribution in [3.63, 3.8) is 0 Å². The molecule has 4 heteroatoms. The third kappa shape index (κ3) is 3.79. The second kappa shape index (κ2) is 6.51. The maximum Gasteiger partial charge on any atom is 0.108 e. The molecule has 1 atom stereocenters. The molecule has 2 rings (SSSR count). The fourth-order valence-corrected chi connectivity index (χ4v) is 3.31. The number of hydrogen-bond donors (Lipinski definition) is 1. The summed E-state index contributed by atoms with van der Waals surface area (Å²) < 4.78 is 0. The number of thiophene rings is 1. The zero-order valence-electron chi connectivity index (χ0n) is 11.9. The predicted octanol–water partition coefficient (Wildman–Crippen LogP) is 2.99. The highest BCUT2D eigenvalue weighted by Crippen LogP contribution is 2.24. The Morgan fingerprint density at radius 2 is 2.32 bits per heavy atom. The van der Waals surface area contributed by atoms with Crippen molar-refractivity contribution in [3.05, 3.63) is 22.4 Å². The first-order valence-electron chi connectivity index (χ1n) is 7.08. The van der Waals surface area contributed by atoms with Crippen LogP contribution in [0.2, 0.25) is 0 Å². The molecule has 0 bridgehead atoms. The van der Waals surface area contributed by atoms with E-state index in [1.807, 2.05) is 0 Å². The summed E-state index contributed by atoms with van der Waals surface area (Å²) >= 11 is 1.75. The number of nitriles is 1. The molecule has 0 spiro atoms. The van der Waals surface area contributed by atoms with Crippen molar-refractivity contribution in [3.8, 4) is 6.07 Å². The molecule has 104 valence electrons. The van der Waals surface area contributed by atoms with E-state index in [4.69, 9.17) is 0 Å². The van der Waals surface area contributed by atoms with Gasteiger partial charge in [0.15, 0.2) is 0 Å². The van der Waals surface area contributed by atoms with E-state index < -0.39 is 0 Å². The van der Waals surface area contributed by atoms with Gasteiger partial charge in [-0.2, -0.15) is 5.26 Å². The molecule has 3 nitrogen and oxygen atoms in total. The van der Waals surface area contributed by atoms with E-state index in [1.54, 1.807) is 11.3 Å². The lowest BCUT2D eigenvalue weighted by Crippen LogP contribution is -2.44. The van der Waals surface area contributed by atoms with Crippen LogP contribution in [0.1, 0.15) is 38.0 Å². The van der Waals surface area contributed by atoms with Gasteiger partial charge in [0.2, 0.25) is 0 Å². The summed E-state index contributed by atoms with van der Waals surface area (Å²) in [4.78, 5) is 3.78. The van der Waals surface area contributed by atoms with Crippen LogP contribution in [0.3, 0.4) is 0 Å². The zero-order valence-corrected chi connectivity index (χ0v) is 12.7. The summed E-state index contributed by atoms with van der Waals surface area (Å²) in [6, 6.07) is 7.31. The average molecular weight is 277 g/mol. The van der Waals surface area contributed by atoms with Gasteiger partial charge >= 0.3 is 0 Å². The molecule has 0 saturated carbocycles. The molecule has 1 unspecified atom stereocenters. The van der Waals surface area contributed by atoms with E-state index in [-0.39, 0.29) is 5.54 Å². The highest BCUT2D eigenvalue weighted by molar-refractivity contribution is 7.09. The molecule has 0 aromatic carbocycles. The van der Waals surface area contributed by atoms with Crippen molar-refractivity contribution < 1.29 is 0 Å². The van der Waals surface area contributed by atoms with Crippen LogP contribution in [0, 0.1) is 11.3 Å². The summed E-state index contributed by atoms with van der Waals surface area (Å²) in [5.74, 6) is 0. The molecule has 1 aliphatic rings. The highest BCUT2D eigenvalue weighted by Gasteiger charge is 2.32. The Balaban J connectivity index is 1.96. The van der Waals surface area contributed by atoms with Crippen molar-refractivity contribution in [1.29, 1.82) is 5.26 Å². The van der Waals surface area contributed by atoms with Crippen molar-refractivity contribution in [2.75, 3.05) is 13.1 Å². The largest absolute Gasteiger partial charge is 0.301 e. The van der Waals surface area contributed by atoms with Crippen LogP contribution in [0.25, 0.3) is 0 Å². The van der Waals surface area contributed by atoms with E-state index in [1.165, 1.54) is 4.88 Å². The normalized spacial score (nSPS) is 25.2. The van der Waals surface area contributed by atoms with Gasteiger partial charge in [0.1, 0.15) is 5.54 Å². The van der Waals surface area contributed by atoms with Gasteiger partial charge < -0.3 is 4.90 Å². The van der Waals surface area contributed by atoms with E-state index >= 15 is 0 Å². The molecule has 2 heterocycles. The van der Waals surface area contributed by atoms with E-state index in [0.717, 1.165) is 38.9 Å². The number of likely N-dealkylation sites (tertiary alicyclic amines) is 1. The van der Waals surface area contributed by atoms with Crippen LogP contribution in [0.4, 0.5) is 0 Å². The van der Waals surface area contributed by atoms with Gasteiger partial charge in [0.25, 0.3) is 0 Å². The van der Waals surface area contributed by atoms with E-state index in [2.05, 4.69) is 47.6 Å². The monoisotopic (exact) mass is 277 g/mol. The maximum absolute atomic E-state index is 9.59. The summed E-state index contributed by atoms with van der Waals surface area (Å²) in [7, 11) is 0. The molecule has 0 aliphatic carbocycles. The Morgan fingerprint density at radius 1 is 1.47 bits per heavy atom. The molecular weight excluding hydrogens is 254 g/mol. The SMILES string of the molecule is CC(C)N1CCCC(C#N)(NCc2cccs2)CC1. The van der Waals surface area contributed by atoms with Crippen molar-refractivity contribution >= 4 is 11.3 Å². The van der Waals surface area contributed by atoms with Crippen LogP contribution >= 0.6 is 11.3 Å². The molecular formula is C15H23N3S. The Hall–Kier alpha value is -0.890. The molecule has 1 N–H and O–H groups in total. The second-order valence-electron chi connectivity index (χ2n) is 5.61. The minimum atomic E-state index is -0.340. The third-order valence-electron chi connectivity index (χ3n) is 4.00.